The van der Waals surface area contributed by atoms with Gasteiger partial charge in [0.15, 0.2) is 5.65 Å². The van der Waals surface area contributed by atoms with Crippen molar-refractivity contribution in [2.24, 2.45) is 23.2 Å². The first-order chi connectivity index (χ1) is 19.4. The predicted octanol–water partition coefficient (Wildman–Crippen LogP) is 3.41. The van der Waals surface area contributed by atoms with Crippen LogP contribution in [0.4, 0.5) is 0 Å². The smallest absolute Gasteiger partial charge is 0.354 e. The lowest BCUT2D eigenvalue weighted by Gasteiger charge is -2.36. The topological polar surface area (TPSA) is 125 Å². The highest BCUT2D eigenvalue weighted by molar-refractivity contribution is 5.87. The van der Waals surface area contributed by atoms with Crippen molar-refractivity contribution in [2.75, 3.05) is 6.54 Å². The van der Waals surface area contributed by atoms with Crippen LogP contribution in [0.15, 0.2) is 17.1 Å². The molecule has 1 saturated carbocycles. The van der Waals surface area contributed by atoms with E-state index in [4.69, 9.17) is 9.47 Å². The second-order valence-corrected chi connectivity index (χ2v) is 13.4. The van der Waals surface area contributed by atoms with Crippen molar-refractivity contribution in [1.29, 1.82) is 0 Å². The molecule has 1 amide bonds. The van der Waals surface area contributed by atoms with Gasteiger partial charge in [0.05, 0.1) is 31.1 Å². The SMILES string of the molecule is C[C@@H]1[C@@H]2CN(C(=O)[C@H](C(C)(C)C)CC(=O)O[C@]3(C)CCC[C@H]3CCCCCn3c(nc4ccnn4c3=O)O2)[C@@H]1C=O. The molecule has 2 aromatic rings. The number of hydrogen-bond donors (Lipinski definition) is 0. The summed E-state index contributed by atoms with van der Waals surface area (Å²) in [6.45, 7) is 10.2. The molecule has 0 spiro atoms. The third-order valence-corrected chi connectivity index (χ3v) is 9.60. The lowest BCUT2D eigenvalue weighted by atomic mass is 9.77. The first-order valence-electron chi connectivity index (χ1n) is 15.0. The van der Waals surface area contributed by atoms with E-state index >= 15 is 0 Å². The molecule has 1 saturated heterocycles. The minimum atomic E-state index is -0.731. The Hall–Kier alpha value is -3.24. The van der Waals surface area contributed by atoms with E-state index < -0.39 is 29.1 Å². The summed E-state index contributed by atoms with van der Waals surface area (Å²) in [5.41, 5.74) is -1.06. The third kappa shape index (κ3) is 5.64. The predicted molar refractivity (Wildman–Crippen MR) is 150 cm³/mol. The zero-order valence-electron chi connectivity index (χ0n) is 24.9. The summed E-state index contributed by atoms with van der Waals surface area (Å²) >= 11 is 0. The molecule has 2 aliphatic heterocycles. The van der Waals surface area contributed by atoms with Gasteiger partial charge < -0.3 is 19.2 Å². The Labute approximate surface area is 240 Å². The fourth-order valence-electron chi connectivity index (χ4n) is 6.93. The highest BCUT2D eigenvalue weighted by Crippen LogP contribution is 2.43. The number of nitrogens with zero attached hydrogens (tertiary/aromatic N) is 5. The molecule has 6 atom stereocenters. The van der Waals surface area contributed by atoms with Gasteiger partial charge in [-0.3, -0.25) is 9.59 Å². The molecule has 0 N–H and O–H groups in total. The molecule has 11 nitrogen and oxygen atoms in total. The summed E-state index contributed by atoms with van der Waals surface area (Å²) in [5.74, 6) is -1.41. The van der Waals surface area contributed by atoms with Crippen LogP contribution in [0.5, 0.6) is 6.01 Å². The minimum absolute atomic E-state index is 0.0500. The zero-order valence-corrected chi connectivity index (χ0v) is 24.9. The molecule has 2 aromatic heterocycles. The van der Waals surface area contributed by atoms with Crippen LogP contribution in [0.3, 0.4) is 0 Å². The summed E-state index contributed by atoms with van der Waals surface area (Å²) in [7, 11) is 0. The van der Waals surface area contributed by atoms with E-state index in [0.717, 1.165) is 51.2 Å². The Morgan fingerprint density at radius 3 is 2.59 bits per heavy atom. The Bertz CT molecular complexity index is 1360. The number of aromatic nitrogens is 4. The standard InChI is InChI=1S/C30H43N5O6/c1-19-22(18-36)34-17-23(19)40-27-32-24-12-14-31-35(24)28(39)33(27)15-8-6-7-10-20-11-9-13-30(20,5)41-25(37)16-21(26(34)38)29(2,3)4/h12,14,18-23H,6-11,13,15-17H2,1-5H3/t19-,20+,21+,22+,23-,30+/m0/s1. The van der Waals surface area contributed by atoms with Crippen molar-refractivity contribution in [3.8, 4) is 6.01 Å². The molecule has 11 heteroatoms. The number of ether oxygens (including phenoxy) is 2. The fraction of sp³-hybridized carbons (Fsp3) is 0.733. The molecule has 224 valence electrons. The molecule has 0 radical (unpaired) electrons. The van der Waals surface area contributed by atoms with Gasteiger partial charge in [0, 0.05) is 18.5 Å². The van der Waals surface area contributed by atoms with E-state index in [2.05, 4.69) is 10.1 Å². The number of hydrogen-bond acceptors (Lipinski definition) is 8. The second-order valence-electron chi connectivity index (χ2n) is 13.4. The lowest BCUT2D eigenvalue weighted by Crippen LogP contribution is -2.47. The van der Waals surface area contributed by atoms with Crippen molar-refractivity contribution in [3.63, 3.8) is 0 Å². The van der Waals surface area contributed by atoms with Crippen LogP contribution in [-0.2, 0) is 25.7 Å². The van der Waals surface area contributed by atoms with Crippen LogP contribution >= 0.6 is 0 Å². The zero-order chi connectivity index (χ0) is 29.5. The van der Waals surface area contributed by atoms with E-state index in [1.807, 2.05) is 34.6 Å². The molecule has 41 heavy (non-hydrogen) atoms. The van der Waals surface area contributed by atoms with E-state index in [0.29, 0.717) is 12.2 Å². The number of carbonyl (C=O) groups is 3. The molecular weight excluding hydrogens is 526 g/mol. The minimum Gasteiger partial charge on any atom is -0.459 e. The van der Waals surface area contributed by atoms with E-state index in [1.165, 1.54) is 20.2 Å². The molecule has 0 unspecified atom stereocenters. The third-order valence-electron chi connectivity index (χ3n) is 9.60. The first kappa shape index (κ1) is 29.3. The lowest BCUT2D eigenvalue weighted by molar-refractivity contribution is -0.167. The normalized spacial score (nSPS) is 32.0. The Morgan fingerprint density at radius 1 is 1.10 bits per heavy atom. The average Bonchev–Trinajstić information content (AvgIpc) is 3.60. The Balaban J connectivity index is 1.52. The van der Waals surface area contributed by atoms with Crippen LogP contribution < -0.4 is 10.4 Å². The van der Waals surface area contributed by atoms with Crippen LogP contribution in [-0.4, -0.2) is 66.5 Å². The van der Waals surface area contributed by atoms with E-state index in [1.54, 1.807) is 6.07 Å². The summed E-state index contributed by atoms with van der Waals surface area (Å²) in [6, 6.07) is 1.08. The summed E-state index contributed by atoms with van der Waals surface area (Å²) in [4.78, 5) is 59.3. The molecule has 3 aliphatic rings. The van der Waals surface area contributed by atoms with Gasteiger partial charge in [0.25, 0.3) is 0 Å². The van der Waals surface area contributed by atoms with Crippen molar-refractivity contribution >= 4 is 23.8 Å². The Morgan fingerprint density at radius 2 is 1.85 bits per heavy atom. The van der Waals surface area contributed by atoms with Crippen LogP contribution in [0, 0.1) is 23.2 Å². The maximum absolute atomic E-state index is 14.1. The van der Waals surface area contributed by atoms with Gasteiger partial charge in [-0.25, -0.2) is 9.36 Å². The highest BCUT2D eigenvalue weighted by atomic mass is 16.6. The number of carbonyl (C=O) groups excluding carboxylic acids is 3. The van der Waals surface area contributed by atoms with Gasteiger partial charge in [0.1, 0.15) is 18.0 Å². The largest absolute Gasteiger partial charge is 0.459 e. The maximum Gasteiger partial charge on any atom is 0.354 e. The number of esters is 1. The quantitative estimate of drug-likeness (QED) is 0.378. The van der Waals surface area contributed by atoms with Gasteiger partial charge in [-0.05, 0) is 50.4 Å². The van der Waals surface area contributed by atoms with Gasteiger partial charge in [-0.15, -0.1) is 0 Å². The van der Waals surface area contributed by atoms with Crippen LogP contribution in [0.1, 0.15) is 86.0 Å². The highest BCUT2D eigenvalue weighted by Gasteiger charge is 2.48. The summed E-state index contributed by atoms with van der Waals surface area (Å²) in [6.07, 6.45) is 7.98. The first-order valence-corrected chi connectivity index (χ1v) is 15.0. The van der Waals surface area contributed by atoms with E-state index in [-0.39, 0.29) is 48.4 Å². The molecule has 5 rings (SSSR count). The second kappa shape index (κ2) is 11.2. The van der Waals surface area contributed by atoms with Gasteiger partial charge in [0.2, 0.25) is 5.91 Å². The number of aldehydes is 1. The molecule has 1 aliphatic carbocycles. The van der Waals surface area contributed by atoms with Gasteiger partial charge in [-0.1, -0.05) is 40.5 Å². The summed E-state index contributed by atoms with van der Waals surface area (Å²) in [5, 5.41) is 4.13. The maximum atomic E-state index is 14.1. The van der Waals surface area contributed by atoms with Crippen LogP contribution in [0.25, 0.3) is 5.65 Å². The molecular formula is C30H43N5O6. The Kier molecular flexibility index (Phi) is 8.00. The molecule has 2 bridgehead atoms. The van der Waals surface area contributed by atoms with Crippen molar-refractivity contribution in [2.45, 2.75) is 110 Å². The van der Waals surface area contributed by atoms with Crippen molar-refractivity contribution in [3.05, 3.63) is 22.7 Å². The van der Waals surface area contributed by atoms with Crippen molar-refractivity contribution < 1.29 is 23.9 Å². The van der Waals surface area contributed by atoms with Crippen LogP contribution in [0.2, 0.25) is 0 Å². The monoisotopic (exact) mass is 569 g/mol. The van der Waals surface area contributed by atoms with Gasteiger partial charge >= 0.3 is 17.7 Å². The fourth-order valence-corrected chi connectivity index (χ4v) is 6.93. The number of amides is 1. The summed E-state index contributed by atoms with van der Waals surface area (Å²) < 4.78 is 15.3. The van der Waals surface area contributed by atoms with Crippen molar-refractivity contribution in [1.82, 2.24) is 24.1 Å². The van der Waals surface area contributed by atoms with Gasteiger partial charge in [-0.2, -0.15) is 14.6 Å². The number of rotatable bonds is 1. The molecule has 0 aromatic carbocycles. The molecule has 2 fully saturated rings. The average molecular weight is 570 g/mol. The van der Waals surface area contributed by atoms with E-state index in [9.17, 15) is 19.2 Å². The number of fused-ring (bicyclic) bond motifs is 5. The molecule has 4 heterocycles.